The molecule has 0 fully saturated rings. The van der Waals surface area contributed by atoms with Gasteiger partial charge in [0.05, 0.1) is 11.3 Å². The molecule has 23 heavy (non-hydrogen) atoms. The lowest BCUT2D eigenvalue weighted by molar-refractivity contribution is 1.32. The fourth-order valence-corrected chi connectivity index (χ4v) is 2.85. The van der Waals surface area contributed by atoms with Crippen LogP contribution in [0.25, 0.3) is 33.3 Å². The van der Waals surface area contributed by atoms with Crippen molar-refractivity contribution in [3.63, 3.8) is 0 Å². The molecule has 0 saturated carbocycles. The third-order valence-corrected chi connectivity index (χ3v) is 3.94. The van der Waals surface area contributed by atoms with E-state index in [1.54, 1.807) is 12.4 Å². The van der Waals surface area contributed by atoms with Gasteiger partial charge in [0, 0.05) is 23.3 Å². The molecule has 0 unspecified atom stereocenters. The Morgan fingerprint density at radius 3 is 2.22 bits per heavy atom. The van der Waals surface area contributed by atoms with Crippen LogP contribution in [0.2, 0.25) is 0 Å². The fourth-order valence-electron chi connectivity index (χ4n) is 2.85. The number of nitrogens with zero attached hydrogens (tertiary/aromatic N) is 1. The zero-order valence-corrected chi connectivity index (χ0v) is 12.4. The van der Waals surface area contributed by atoms with E-state index in [-0.39, 0.29) is 5.43 Å². The Morgan fingerprint density at radius 1 is 0.739 bits per heavy atom. The molecule has 0 radical (unpaired) electrons. The Morgan fingerprint density at radius 2 is 1.43 bits per heavy atom. The summed E-state index contributed by atoms with van der Waals surface area (Å²) in [4.78, 5) is 20.6. The summed E-state index contributed by atoms with van der Waals surface area (Å²) in [5, 5.41) is 0.694. The molecule has 0 aliphatic heterocycles. The van der Waals surface area contributed by atoms with Crippen molar-refractivity contribution in [3.05, 3.63) is 89.3 Å². The maximum Gasteiger partial charge on any atom is 0.197 e. The molecule has 0 aliphatic carbocycles. The first kappa shape index (κ1) is 13.5. The zero-order chi connectivity index (χ0) is 15.6. The molecular weight excluding hydrogens is 284 g/mol. The standard InChI is InChI=1S/C20H14N2O/c23-20-16-8-4-5-9-17(16)22-19(15-6-2-1-3-7-15)18(20)14-10-12-21-13-11-14/h1-13H,(H,22,23). The number of pyridine rings is 2. The molecule has 1 N–H and O–H groups in total. The summed E-state index contributed by atoms with van der Waals surface area (Å²) in [6.45, 7) is 0. The number of benzene rings is 2. The van der Waals surface area contributed by atoms with Gasteiger partial charge in [-0.05, 0) is 35.4 Å². The van der Waals surface area contributed by atoms with Gasteiger partial charge in [-0.25, -0.2) is 0 Å². The second kappa shape index (κ2) is 5.54. The SMILES string of the molecule is O=c1c(-c2ccncc2)c(-c2ccccc2)[nH]c2ccccc12. The van der Waals surface area contributed by atoms with Gasteiger partial charge in [0.25, 0.3) is 0 Å². The number of H-pyrrole nitrogens is 1. The molecule has 4 aromatic rings. The first-order valence-corrected chi connectivity index (χ1v) is 7.45. The van der Waals surface area contributed by atoms with Gasteiger partial charge >= 0.3 is 0 Å². The second-order valence-corrected chi connectivity index (χ2v) is 5.35. The Bertz CT molecular complexity index is 1020. The van der Waals surface area contributed by atoms with E-state index in [1.807, 2.05) is 66.7 Å². The Labute approximate surface area is 133 Å². The third kappa shape index (κ3) is 2.32. The molecule has 110 valence electrons. The van der Waals surface area contributed by atoms with E-state index >= 15 is 0 Å². The van der Waals surface area contributed by atoms with Gasteiger partial charge in [-0.3, -0.25) is 9.78 Å². The van der Waals surface area contributed by atoms with E-state index in [0.29, 0.717) is 10.9 Å². The highest BCUT2D eigenvalue weighted by molar-refractivity contribution is 5.91. The van der Waals surface area contributed by atoms with Gasteiger partial charge in [0.2, 0.25) is 0 Å². The zero-order valence-electron chi connectivity index (χ0n) is 12.4. The van der Waals surface area contributed by atoms with Crippen LogP contribution < -0.4 is 5.43 Å². The van der Waals surface area contributed by atoms with Crippen LogP contribution in [0.15, 0.2) is 83.9 Å². The van der Waals surface area contributed by atoms with Crippen LogP contribution in [-0.4, -0.2) is 9.97 Å². The van der Waals surface area contributed by atoms with E-state index in [0.717, 1.165) is 22.3 Å². The normalized spacial score (nSPS) is 10.8. The lowest BCUT2D eigenvalue weighted by Gasteiger charge is -2.12. The van der Waals surface area contributed by atoms with Crippen molar-refractivity contribution < 1.29 is 0 Å². The number of hydrogen-bond donors (Lipinski definition) is 1. The van der Waals surface area contributed by atoms with Crippen molar-refractivity contribution in [2.45, 2.75) is 0 Å². The summed E-state index contributed by atoms with van der Waals surface area (Å²) in [5.74, 6) is 0. The summed E-state index contributed by atoms with van der Waals surface area (Å²) in [5.41, 5.74) is 4.24. The molecule has 2 aromatic heterocycles. The molecule has 3 heteroatoms. The van der Waals surface area contributed by atoms with Gasteiger partial charge in [0.1, 0.15) is 0 Å². The number of aromatic amines is 1. The Kier molecular flexibility index (Phi) is 3.24. The number of para-hydroxylation sites is 1. The largest absolute Gasteiger partial charge is 0.354 e. The van der Waals surface area contributed by atoms with E-state index in [2.05, 4.69) is 9.97 Å². The molecule has 0 bridgehead atoms. The number of hydrogen-bond acceptors (Lipinski definition) is 2. The summed E-state index contributed by atoms with van der Waals surface area (Å²) >= 11 is 0. The number of nitrogens with one attached hydrogen (secondary N) is 1. The van der Waals surface area contributed by atoms with Crippen LogP contribution in [0.3, 0.4) is 0 Å². The smallest absolute Gasteiger partial charge is 0.197 e. The third-order valence-electron chi connectivity index (χ3n) is 3.94. The molecule has 0 atom stereocenters. The molecule has 0 aliphatic rings. The van der Waals surface area contributed by atoms with Crippen LogP contribution in [0.1, 0.15) is 0 Å². The number of rotatable bonds is 2. The van der Waals surface area contributed by atoms with Crippen molar-refractivity contribution in [1.29, 1.82) is 0 Å². The predicted molar refractivity (Wildman–Crippen MR) is 93.2 cm³/mol. The van der Waals surface area contributed by atoms with E-state index in [4.69, 9.17) is 0 Å². The van der Waals surface area contributed by atoms with Crippen molar-refractivity contribution >= 4 is 10.9 Å². The summed E-state index contributed by atoms with van der Waals surface area (Å²) in [6.07, 6.45) is 3.41. The Balaban J connectivity index is 2.14. The predicted octanol–water partition coefficient (Wildman–Crippen LogP) is 4.26. The molecule has 0 amide bonds. The van der Waals surface area contributed by atoms with E-state index in [9.17, 15) is 4.79 Å². The second-order valence-electron chi connectivity index (χ2n) is 5.35. The summed E-state index contributed by atoms with van der Waals surface area (Å²) < 4.78 is 0. The topological polar surface area (TPSA) is 45.8 Å². The maximum absolute atomic E-state index is 13.1. The molecule has 2 aromatic carbocycles. The van der Waals surface area contributed by atoms with Crippen LogP contribution in [0.5, 0.6) is 0 Å². The number of aromatic nitrogens is 2. The highest BCUT2D eigenvalue weighted by Gasteiger charge is 2.14. The monoisotopic (exact) mass is 298 g/mol. The first-order chi connectivity index (χ1) is 11.3. The van der Waals surface area contributed by atoms with Crippen molar-refractivity contribution in [2.24, 2.45) is 0 Å². The maximum atomic E-state index is 13.1. The average molecular weight is 298 g/mol. The van der Waals surface area contributed by atoms with Gasteiger partial charge < -0.3 is 4.98 Å². The minimum absolute atomic E-state index is 0.0319. The summed E-state index contributed by atoms with van der Waals surface area (Å²) in [7, 11) is 0. The van der Waals surface area contributed by atoms with Crippen molar-refractivity contribution in [3.8, 4) is 22.4 Å². The van der Waals surface area contributed by atoms with Crippen LogP contribution in [0.4, 0.5) is 0 Å². The lowest BCUT2D eigenvalue weighted by Crippen LogP contribution is -2.09. The van der Waals surface area contributed by atoms with Gasteiger partial charge in [0.15, 0.2) is 5.43 Å². The van der Waals surface area contributed by atoms with Gasteiger partial charge in [-0.1, -0.05) is 42.5 Å². The van der Waals surface area contributed by atoms with Crippen LogP contribution >= 0.6 is 0 Å². The minimum atomic E-state index is 0.0319. The highest BCUT2D eigenvalue weighted by atomic mass is 16.1. The minimum Gasteiger partial charge on any atom is -0.354 e. The Hall–Kier alpha value is -3.20. The highest BCUT2D eigenvalue weighted by Crippen LogP contribution is 2.29. The first-order valence-electron chi connectivity index (χ1n) is 7.45. The van der Waals surface area contributed by atoms with Gasteiger partial charge in [-0.15, -0.1) is 0 Å². The summed E-state index contributed by atoms with van der Waals surface area (Å²) in [6, 6.07) is 21.3. The lowest BCUT2D eigenvalue weighted by atomic mass is 9.97. The van der Waals surface area contributed by atoms with Crippen molar-refractivity contribution in [1.82, 2.24) is 9.97 Å². The van der Waals surface area contributed by atoms with Gasteiger partial charge in [-0.2, -0.15) is 0 Å². The van der Waals surface area contributed by atoms with Crippen molar-refractivity contribution in [2.75, 3.05) is 0 Å². The molecule has 3 nitrogen and oxygen atoms in total. The van der Waals surface area contributed by atoms with E-state index < -0.39 is 0 Å². The molecule has 2 heterocycles. The molecule has 4 rings (SSSR count). The average Bonchev–Trinajstić information content (AvgIpc) is 2.63. The van der Waals surface area contributed by atoms with E-state index in [1.165, 1.54) is 0 Å². The molecule has 0 saturated heterocycles. The quantitative estimate of drug-likeness (QED) is 0.601. The molecule has 0 spiro atoms. The van der Waals surface area contributed by atoms with Crippen LogP contribution in [-0.2, 0) is 0 Å². The fraction of sp³-hybridized carbons (Fsp3) is 0. The number of fused-ring (bicyclic) bond motifs is 1. The van der Waals surface area contributed by atoms with Crippen LogP contribution in [0, 0.1) is 0 Å². The molecular formula is C20H14N2O.